The fourth-order valence-electron chi connectivity index (χ4n) is 0. The molecule has 0 aliphatic carbocycles. The van der Waals surface area contributed by atoms with Crippen LogP contribution in [0.3, 0.4) is 0 Å². The highest BCUT2D eigenvalue weighted by Gasteiger charge is 1.59. The van der Waals surface area contributed by atoms with Gasteiger partial charge in [-0.3, -0.25) is 0 Å². The molecule has 4 N–H and O–H groups in total. The first-order chi connectivity index (χ1) is 2.27. The van der Waals surface area contributed by atoms with Crippen molar-refractivity contribution in [3.63, 3.8) is 0 Å². The second kappa shape index (κ2) is 1.84. The Morgan fingerprint density at radius 2 is 1.80 bits per heavy atom. The van der Waals surface area contributed by atoms with Crippen molar-refractivity contribution in [1.82, 2.24) is 0 Å². The van der Waals surface area contributed by atoms with Crippen molar-refractivity contribution in [2.24, 2.45) is 11.5 Å². The van der Waals surface area contributed by atoms with Crippen LogP contribution in [0.5, 0.6) is 0 Å². The van der Waals surface area contributed by atoms with Gasteiger partial charge in [0.05, 0.1) is 5.82 Å². The third-order valence-electron chi connectivity index (χ3n) is 0.333. The summed E-state index contributed by atoms with van der Waals surface area (Å²) in [4.78, 5) is 0. The molecule has 0 bridgehead atoms. The van der Waals surface area contributed by atoms with Crippen LogP contribution in [-0.2, 0) is 0 Å². The Morgan fingerprint density at radius 1 is 1.60 bits per heavy atom. The first kappa shape index (κ1) is 4.56. The van der Waals surface area contributed by atoms with Gasteiger partial charge >= 0.3 is 0 Å². The standard InChI is InChI=1S/C2H8N2Si/c3-2(4)1-5/h1H,3-4H2,5H3. The van der Waals surface area contributed by atoms with Crippen molar-refractivity contribution in [1.29, 1.82) is 0 Å². The normalized spacial score (nSPS) is 7.20. The second-order valence-corrected chi connectivity index (χ2v) is 1.37. The van der Waals surface area contributed by atoms with Crippen LogP contribution in [0.25, 0.3) is 0 Å². The van der Waals surface area contributed by atoms with E-state index in [1.54, 1.807) is 5.70 Å². The van der Waals surface area contributed by atoms with Gasteiger partial charge in [0.25, 0.3) is 0 Å². The van der Waals surface area contributed by atoms with Crippen molar-refractivity contribution >= 4 is 10.2 Å². The number of rotatable bonds is 0. The topological polar surface area (TPSA) is 52.0 Å². The van der Waals surface area contributed by atoms with Gasteiger partial charge in [-0.1, -0.05) is 5.70 Å². The zero-order valence-corrected chi connectivity index (χ0v) is 5.23. The van der Waals surface area contributed by atoms with Crippen LogP contribution in [0.2, 0.25) is 0 Å². The van der Waals surface area contributed by atoms with Crippen LogP contribution in [0.1, 0.15) is 0 Å². The summed E-state index contributed by atoms with van der Waals surface area (Å²) in [5, 5.41) is 0. The average molecular weight is 88.2 g/mol. The minimum Gasteiger partial charge on any atom is -0.386 e. The molecule has 0 heterocycles. The molecule has 0 aliphatic heterocycles. The maximum Gasteiger partial charge on any atom is 0.0842 e. The Kier molecular flexibility index (Phi) is 1.68. The van der Waals surface area contributed by atoms with E-state index in [1.807, 2.05) is 0 Å². The van der Waals surface area contributed by atoms with E-state index in [1.165, 1.54) is 0 Å². The minimum absolute atomic E-state index is 0.441. The molecule has 2 nitrogen and oxygen atoms in total. The number of hydrogen-bond donors (Lipinski definition) is 2. The van der Waals surface area contributed by atoms with Gasteiger partial charge in [-0.05, 0) is 0 Å². The summed E-state index contributed by atoms with van der Waals surface area (Å²) in [5.41, 5.74) is 11.7. The van der Waals surface area contributed by atoms with Crippen molar-refractivity contribution in [3.8, 4) is 0 Å². The lowest BCUT2D eigenvalue weighted by atomic mass is 10.9. The third kappa shape index (κ3) is 3.56. The predicted molar refractivity (Wildman–Crippen MR) is 26.4 cm³/mol. The highest BCUT2D eigenvalue weighted by molar-refractivity contribution is 6.17. The Balaban J connectivity index is 3.14. The van der Waals surface area contributed by atoms with Gasteiger partial charge in [0.15, 0.2) is 0 Å². The van der Waals surface area contributed by atoms with Gasteiger partial charge in [0.2, 0.25) is 0 Å². The molecule has 5 heavy (non-hydrogen) atoms. The first-order valence-corrected chi connectivity index (χ1v) is 2.60. The van der Waals surface area contributed by atoms with E-state index < -0.39 is 0 Å². The van der Waals surface area contributed by atoms with Crippen LogP contribution in [-0.4, -0.2) is 10.2 Å². The maximum absolute atomic E-state index is 4.97. The van der Waals surface area contributed by atoms with Crippen molar-refractivity contribution in [2.75, 3.05) is 0 Å². The van der Waals surface area contributed by atoms with Gasteiger partial charge in [-0.2, -0.15) is 0 Å². The molecule has 0 spiro atoms. The van der Waals surface area contributed by atoms with E-state index in [0.717, 1.165) is 10.2 Å². The molecule has 0 fully saturated rings. The van der Waals surface area contributed by atoms with Crippen molar-refractivity contribution < 1.29 is 0 Å². The molecule has 0 aliphatic rings. The third-order valence-corrected chi connectivity index (χ3v) is 1.00. The second-order valence-electron chi connectivity index (χ2n) is 0.789. The van der Waals surface area contributed by atoms with Gasteiger partial charge in [0.1, 0.15) is 0 Å². The Bertz CT molecular complexity index is 45.6. The van der Waals surface area contributed by atoms with E-state index in [-0.39, 0.29) is 0 Å². The smallest absolute Gasteiger partial charge is 0.0842 e. The van der Waals surface area contributed by atoms with E-state index in [4.69, 9.17) is 11.5 Å². The Morgan fingerprint density at radius 3 is 1.80 bits per heavy atom. The molecule has 0 aromatic heterocycles. The summed E-state index contributed by atoms with van der Waals surface area (Å²) >= 11 is 0. The van der Waals surface area contributed by atoms with Crippen molar-refractivity contribution in [2.45, 2.75) is 0 Å². The van der Waals surface area contributed by atoms with Gasteiger partial charge < -0.3 is 11.5 Å². The molecular formula is C2H8N2Si. The molecule has 0 saturated carbocycles. The highest BCUT2D eigenvalue weighted by atomic mass is 28.1. The molecule has 0 amide bonds. The molecule has 0 rings (SSSR count). The van der Waals surface area contributed by atoms with Gasteiger partial charge in [-0.15, -0.1) is 0 Å². The predicted octanol–water partition coefficient (Wildman–Crippen LogP) is -1.93. The summed E-state index contributed by atoms with van der Waals surface area (Å²) in [6.07, 6.45) is 0. The quantitative estimate of drug-likeness (QED) is 0.339. The number of nitrogens with two attached hydrogens (primary N) is 2. The highest BCUT2D eigenvalue weighted by Crippen LogP contribution is 1.53. The van der Waals surface area contributed by atoms with Gasteiger partial charge in [-0.25, -0.2) is 0 Å². The maximum atomic E-state index is 4.97. The molecule has 0 unspecified atom stereocenters. The summed E-state index contributed by atoms with van der Waals surface area (Å²) in [6.45, 7) is 0. The lowest BCUT2D eigenvalue weighted by Crippen LogP contribution is -2.06. The number of hydrogen-bond acceptors (Lipinski definition) is 2. The van der Waals surface area contributed by atoms with E-state index in [9.17, 15) is 0 Å². The lowest BCUT2D eigenvalue weighted by Gasteiger charge is -1.78. The van der Waals surface area contributed by atoms with Gasteiger partial charge in [0, 0.05) is 10.2 Å². The minimum atomic E-state index is 0.441. The zero-order chi connectivity index (χ0) is 4.28. The van der Waals surface area contributed by atoms with E-state index in [2.05, 4.69) is 0 Å². The van der Waals surface area contributed by atoms with E-state index >= 15 is 0 Å². The lowest BCUT2D eigenvalue weighted by molar-refractivity contribution is 1.26. The van der Waals surface area contributed by atoms with Crippen LogP contribution >= 0.6 is 0 Å². The molecule has 0 radical (unpaired) electrons. The van der Waals surface area contributed by atoms with Crippen molar-refractivity contribution in [3.05, 3.63) is 11.5 Å². The summed E-state index contributed by atoms with van der Waals surface area (Å²) in [6, 6.07) is 0. The molecule has 3 heteroatoms. The van der Waals surface area contributed by atoms with Crippen LogP contribution < -0.4 is 11.5 Å². The summed E-state index contributed by atoms with van der Waals surface area (Å²) in [5.74, 6) is 0.441. The Hall–Kier alpha value is -0.443. The molecule has 0 aromatic rings. The van der Waals surface area contributed by atoms with Crippen LogP contribution in [0.15, 0.2) is 11.5 Å². The first-order valence-electron chi connectivity index (χ1n) is 1.44. The fourth-order valence-corrected chi connectivity index (χ4v) is 0. The monoisotopic (exact) mass is 88.0 g/mol. The molecular weight excluding hydrogens is 80.1 g/mol. The van der Waals surface area contributed by atoms with Crippen LogP contribution in [0.4, 0.5) is 0 Å². The fraction of sp³-hybridized carbons (Fsp3) is 0. The molecule has 30 valence electrons. The largest absolute Gasteiger partial charge is 0.386 e. The molecule has 0 saturated heterocycles. The summed E-state index contributed by atoms with van der Waals surface area (Å²) in [7, 11) is 0.961. The zero-order valence-electron chi connectivity index (χ0n) is 3.23. The van der Waals surface area contributed by atoms with Crippen LogP contribution in [0, 0.1) is 0 Å². The molecule has 0 atom stereocenters. The SMILES string of the molecule is NC(N)=C[SiH3]. The Labute approximate surface area is 34.3 Å². The average Bonchev–Trinajstić information content (AvgIpc) is 1.38. The van der Waals surface area contributed by atoms with E-state index in [0.29, 0.717) is 5.82 Å². The molecule has 0 aromatic carbocycles. The summed E-state index contributed by atoms with van der Waals surface area (Å²) < 4.78 is 0.